The second-order valence-corrected chi connectivity index (χ2v) is 8.63. The van der Waals surface area contributed by atoms with E-state index in [2.05, 4.69) is 14.9 Å². The van der Waals surface area contributed by atoms with Gasteiger partial charge in [0, 0.05) is 49.4 Å². The van der Waals surface area contributed by atoms with E-state index in [9.17, 15) is 4.79 Å². The number of ether oxygens (including phenoxy) is 1. The Morgan fingerprint density at radius 1 is 1.19 bits per heavy atom. The molecular formula is C22H23N5O3S. The maximum absolute atomic E-state index is 11.5. The lowest BCUT2D eigenvalue weighted by molar-refractivity contribution is 0.170. The summed E-state index contributed by atoms with van der Waals surface area (Å²) in [5, 5.41) is 1.62. The number of benzene rings is 1. The van der Waals surface area contributed by atoms with Crippen LogP contribution >= 0.6 is 11.3 Å². The molecule has 1 fully saturated rings. The molecule has 0 aliphatic carbocycles. The fourth-order valence-corrected chi connectivity index (χ4v) is 4.68. The summed E-state index contributed by atoms with van der Waals surface area (Å²) >= 11 is 1.46. The van der Waals surface area contributed by atoms with E-state index in [1.54, 1.807) is 17.4 Å². The zero-order valence-electron chi connectivity index (χ0n) is 17.0. The van der Waals surface area contributed by atoms with Crippen LogP contribution in [0.5, 0.6) is 10.9 Å². The lowest BCUT2D eigenvalue weighted by Gasteiger charge is -2.29. The summed E-state index contributed by atoms with van der Waals surface area (Å²) in [7, 11) is 0. The third kappa shape index (κ3) is 4.33. The summed E-state index contributed by atoms with van der Waals surface area (Å²) in [5.41, 5.74) is 8.05. The molecule has 1 aromatic carbocycles. The number of hydrogen-bond acceptors (Lipinski definition) is 7. The second-order valence-electron chi connectivity index (χ2n) is 7.63. The monoisotopic (exact) mass is 437 g/mol. The molecular weight excluding hydrogens is 414 g/mol. The number of aromatic nitrogens is 2. The van der Waals surface area contributed by atoms with Gasteiger partial charge in [-0.3, -0.25) is 4.90 Å². The van der Waals surface area contributed by atoms with Crippen molar-refractivity contribution >= 4 is 38.7 Å². The molecule has 0 saturated carbocycles. The third-order valence-corrected chi connectivity index (χ3v) is 6.41. The molecule has 4 heterocycles. The normalized spacial score (nSPS) is 15.8. The standard InChI is InChI=1S/C22H23N5O3S/c23-21(28)27-9-2-1-8-26(10-11-27)13-15-14-29-18-12-16(5-6-17(15)18)30-22-25-20-19(31-22)4-3-7-24-20/h3-7,12,14H,1-2,8-11,13H2,(H2,23,28). The molecule has 1 aliphatic rings. The Morgan fingerprint density at radius 3 is 2.97 bits per heavy atom. The topological polar surface area (TPSA) is 97.7 Å². The van der Waals surface area contributed by atoms with Gasteiger partial charge < -0.3 is 19.8 Å². The molecule has 0 spiro atoms. The van der Waals surface area contributed by atoms with Crippen LogP contribution in [0.4, 0.5) is 4.79 Å². The summed E-state index contributed by atoms with van der Waals surface area (Å²) in [6.45, 7) is 3.95. The SMILES string of the molecule is NC(=O)N1CCCCN(Cc2coc3cc(Oc4nc5ncccc5s4)ccc23)CC1. The van der Waals surface area contributed by atoms with E-state index in [4.69, 9.17) is 14.9 Å². The number of nitrogens with two attached hydrogens (primary N) is 1. The minimum atomic E-state index is -0.341. The Balaban J connectivity index is 1.30. The number of rotatable bonds is 4. The highest BCUT2D eigenvalue weighted by Gasteiger charge is 2.18. The first-order valence-electron chi connectivity index (χ1n) is 10.3. The van der Waals surface area contributed by atoms with E-state index < -0.39 is 0 Å². The number of hydrogen-bond donors (Lipinski definition) is 1. The first-order valence-corrected chi connectivity index (χ1v) is 11.1. The van der Waals surface area contributed by atoms with Crippen molar-refractivity contribution in [3.05, 3.63) is 48.4 Å². The molecule has 5 rings (SSSR count). The van der Waals surface area contributed by atoms with E-state index in [1.807, 2.05) is 30.3 Å². The van der Waals surface area contributed by atoms with Gasteiger partial charge in [0.25, 0.3) is 5.19 Å². The van der Waals surface area contributed by atoms with Crippen molar-refractivity contribution < 1.29 is 13.9 Å². The number of carbonyl (C=O) groups is 1. The van der Waals surface area contributed by atoms with Crippen molar-refractivity contribution in [3.8, 4) is 10.9 Å². The quantitative estimate of drug-likeness (QED) is 0.514. The smallest absolute Gasteiger partial charge is 0.314 e. The highest BCUT2D eigenvalue weighted by molar-refractivity contribution is 7.20. The first kappa shape index (κ1) is 19.8. The summed E-state index contributed by atoms with van der Waals surface area (Å²) in [6, 6.07) is 9.37. The number of furan rings is 1. The average molecular weight is 438 g/mol. The molecule has 1 saturated heterocycles. The van der Waals surface area contributed by atoms with Crippen LogP contribution < -0.4 is 10.5 Å². The van der Waals surface area contributed by atoms with Crippen LogP contribution in [0.25, 0.3) is 21.3 Å². The van der Waals surface area contributed by atoms with Gasteiger partial charge in [-0.05, 0) is 43.7 Å². The van der Waals surface area contributed by atoms with Crippen molar-refractivity contribution in [2.75, 3.05) is 26.2 Å². The van der Waals surface area contributed by atoms with Gasteiger partial charge in [0.05, 0.1) is 11.0 Å². The molecule has 9 heteroatoms. The largest absolute Gasteiger partial charge is 0.464 e. The van der Waals surface area contributed by atoms with Gasteiger partial charge in [0.15, 0.2) is 5.65 Å². The van der Waals surface area contributed by atoms with Crippen LogP contribution in [-0.4, -0.2) is 52.0 Å². The molecule has 0 radical (unpaired) electrons. The van der Waals surface area contributed by atoms with Crippen molar-refractivity contribution in [3.63, 3.8) is 0 Å². The minimum absolute atomic E-state index is 0.341. The molecule has 0 atom stereocenters. The molecule has 31 heavy (non-hydrogen) atoms. The molecule has 2 N–H and O–H groups in total. The summed E-state index contributed by atoms with van der Waals surface area (Å²) in [6.07, 6.45) is 5.53. The van der Waals surface area contributed by atoms with Crippen molar-refractivity contribution in [1.82, 2.24) is 19.8 Å². The predicted molar refractivity (Wildman–Crippen MR) is 119 cm³/mol. The van der Waals surface area contributed by atoms with E-state index in [0.29, 0.717) is 23.1 Å². The van der Waals surface area contributed by atoms with Crippen molar-refractivity contribution in [2.45, 2.75) is 19.4 Å². The maximum Gasteiger partial charge on any atom is 0.314 e. The lowest BCUT2D eigenvalue weighted by Crippen LogP contribution is -2.43. The van der Waals surface area contributed by atoms with E-state index in [0.717, 1.165) is 60.3 Å². The van der Waals surface area contributed by atoms with Crippen molar-refractivity contribution in [2.24, 2.45) is 5.73 Å². The van der Waals surface area contributed by atoms with Crippen LogP contribution in [0.2, 0.25) is 0 Å². The molecule has 1 aliphatic heterocycles. The van der Waals surface area contributed by atoms with E-state index in [1.165, 1.54) is 11.3 Å². The summed E-state index contributed by atoms with van der Waals surface area (Å²) in [4.78, 5) is 24.3. The highest BCUT2D eigenvalue weighted by atomic mass is 32.1. The lowest BCUT2D eigenvalue weighted by atomic mass is 10.1. The Bertz CT molecular complexity index is 1190. The van der Waals surface area contributed by atoms with Gasteiger partial charge in [-0.25, -0.2) is 9.78 Å². The van der Waals surface area contributed by atoms with Gasteiger partial charge in [0.1, 0.15) is 11.3 Å². The number of carbonyl (C=O) groups excluding carboxylic acids is 1. The Morgan fingerprint density at radius 2 is 2.10 bits per heavy atom. The van der Waals surface area contributed by atoms with E-state index in [-0.39, 0.29) is 6.03 Å². The number of primary amides is 1. The molecule has 0 unspecified atom stereocenters. The van der Waals surface area contributed by atoms with E-state index >= 15 is 0 Å². The molecule has 8 nitrogen and oxygen atoms in total. The number of nitrogens with zero attached hydrogens (tertiary/aromatic N) is 4. The zero-order valence-corrected chi connectivity index (χ0v) is 17.8. The molecule has 2 amide bonds. The van der Waals surface area contributed by atoms with Gasteiger partial charge in [-0.2, -0.15) is 4.98 Å². The highest BCUT2D eigenvalue weighted by Crippen LogP contribution is 2.33. The van der Waals surface area contributed by atoms with Gasteiger partial charge >= 0.3 is 6.03 Å². The molecule has 4 aromatic rings. The fourth-order valence-electron chi connectivity index (χ4n) is 3.89. The van der Waals surface area contributed by atoms with Gasteiger partial charge in [0.2, 0.25) is 0 Å². The summed E-state index contributed by atoms with van der Waals surface area (Å²) < 4.78 is 12.8. The first-order chi connectivity index (χ1) is 15.2. The van der Waals surface area contributed by atoms with Crippen LogP contribution in [0.1, 0.15) is 18.4 Å². The van der Waals surface area contributed by atoms with Crippen LogP contribution in [0.3, 0.4) is 0 Å². The molecule has 3 aromatic heterocycles. The number of thiazole rings is 1. The Hall–Kier alpha value is -3.17. The second kappa shape index (κ2) is 8.52. The fraction of sp³-hybridized carbons (Fsp3) is 0.318. The number of urea groups is 1. The molecule has 160 valence electrons. The van der Waals surface area contributed by atoms with Crippen molar-refractivity contribution in [1.29, 1.82) is 0 Å². The number of fused-ring (bicyclic) bond motifs is 2. The van der Waals surface area contributed by atoms with Crippen LogP contribution in [0, 0.1) is 0 Å². The Kier molecular flexibility index (Phi) is 5.44. The van der Waals surface area contributed by atoms with Gasteiger partial charge in [-0.15, -0.1) is 0 Å². The van der Waals surface area contributed by atoms with Gasteiger partial charge in [-0.1, -0.05) is 11.3 Å². The zero-order chi connectivity index (χ0) is 21.2. The summed E-state index contributed by atoms with van der Waals surface area (Å²) in [5.74, 6) is 0.677. The van der Waals surface area contributed by atoms with Crippen LogP contribution in [-0.2, 0) is 6.54 Å². The third-order valence-electron chi connectivity index (χ3n) is 5.52. The number of amides is 2. The predicted octanol–water partition coefficient (Wildman–Crippen LogP) is 4.21. The van der Waals surface area contributed by atoms with Crippen LogP contribution in [0.15, 0.2) is 47.2 Å². The Labute approximate surface area is 183 Å². The maximum atomic E-state index is 11.5. The number of pyridine rings is 1. The average Bonchev–Trinajstić information content (AvgIpc) is 3.33. The molecule has 0 bridgehead atoms. The minimum Gasteiger partial charge on any atom is -0.464 e.